The summed E-state index contributed by atoms with van der Waals surface area (Å²) in [5, 5.41) is 11.8. The molecule has 0 heterocycles. The summed E-state index contributed by atoms with van der Waals surface area (Å²) in [5.41, 5.74) is 0. The topological polar surface area (TPSA) is 66.4 Å². The summed E-state index contributed by atoms with van der Waals surface area (Å²) in [5.74, 6) is -1.14. The lowest BCUT2D eigenvalue weighted by Crippen LogP contribution is -2.44. The molecular weight excluding hydrogens is 326 g/mol. The van der Waals surface area contributed by atoms with Crippen molar-refractivity contribution in [2.24, 2.45) is 5.92 Å². The summed E-state index contributed by atoms with van der Waals surface area (Å²) in [7, 11) is 0. The van der Waals surface area contributed by atoms with E-state index < -0.39 is 12.0 Å². The highest BCUT2D eigenvalue weighted by molar-refractivity contribution is 5.83. The van der Waals surface area contributed by atoms with E-state index in [1.54, 1.807) is 0 Å². The minimum Gasteiger partial charge on any atom is -0.480 e. The summed E-state index contributed by atoms with van der Waals surface area (Å²) in [6.07, 6.45) is 18.9. The monoisotopic (exact) mass is 367 g/mol. The van der Waals surface area contributed by atoms with Gasteiger partial charge in [-0.05, 0) is 38.0 Å². The van der Waals surface area contributed by atoms with Crippen LogP contribution in [0.3, 0.4) is 0 Å². The zero-order valence-corrected chi connectivity index (χ0v) is 17.3. The Morgan fingerprint density at radius 2 is 1.42 bits per heavy atom. The molecule has 0 aromatic carbocycles. The highest BCUT2D eigenvalue weighted by Gasteiger charge is 2.24. The van der Waals surface area contributed by atoms with Gasteiger partial charge in [-0.3, -0.25) is 4.79 Å². The van der Waals surface area contributed by atoms with Gasteiger partial charge in [0.05, 0.1) is 0 Å². The number of unbranched alkanes of at least 4 members (excludes halogenated alkanes) is 9. The molecule has 0 saturated carbocycles. The van der Waals surface area contributed by atoms with E-state index >= 15 is 0 Å². The van der Waals surface area contributed by atoms with Crippen LogP contribution in [0.5, 0.6) is 0 Å². The lowest BCUT2D eigenvalue weighted by Gasteiger charge is -2.20. The smallest absolute Gasteiger partial charge is 0.326 e. The summed E-state index contributed by atoms with van der Waals surface area (Å²) in [4.78, 5) is 23.1. The van der Waals surface area contributed by atoms with Crippen molar-refractivity contribution in [1.82, 2.24) is 5.32 Å². The molecule has 0 aliphatic heterocycles. The fourth-order valence-corrected chi connectivity index (χ4v) is 2.93. The molecule has 2 atom stereocenters. The zero-order chi connectivity index (χ0) is 19.6. The number of carboxylic acids is 1. The number of allylic oxidation sites excluding steroid dienone is 2. The minimum absolute atomic E-state index is 0.0500. The molecule has 0 spiro atoms. The number of aliphatic carboxylic acids is 1. The number of carbonyl (C=O) groups excluding carboxylic acids is 1. The molecule has 4 nitrogen and oxygen atoms in total. The van der Waals surface area contributed by atoms with Gasteiger partial charge >= 0.3 is 5.97 Å². The van der Waals surface area contributed by atoms with Crippen molar-refractivity contribution in [1.29, 1.82) is 0 Å². The van der Waals surface area contributed by atoms with E-state index in [1.165, 1.54) is 44.9 Å². The summed E-state index contributed by atoms with van der Waals surface area (Å²) < 4.78 is 0. The Morgan fingerprint density at radius 3 is 1.96 bits per heavy atom. The number of nitrogens with one attached hydrogen (secondary N) is 1. The molecule has 0 radical (unpaired) electrons. The van der Waals surface area contributed by atoms with Crippen LogP contribution in [0, 0.1) is 5.92 Å². The number of rotatable bonds is 17. The van der Waals surface area contributed by atoms with Crippen molar-refractivity contribution in [3.63, 3.8) is 0 Å². The van der Waals surface area contributed by atoms with Gasteiger partial charge in [0.25, 0.3) is 0 Å². The van der Waals surface area contributed by atoms with Crippen LogP contribution < -0.4 is 5.32 Å². The van der Waals surface area contributed by atoms with Crippen LogP contribution in [0.15, 0.2) is 12.2 Å². The largest absolute Gasteiger partial charge is 0.480 e. The van der Waals surface area contributed by atoms with E-state index in [4.69, 9.17) is 0 Å². The Morgan fingerprint density at radius 1 is 0.885 bits per heavy atom. The molecule has 0 fully saturated rings. The zero-order valence-electron chi connectivity index (χ0n) is 17.3. The van der Waals surface area contributed by atoms with Crippen molar-refractivity contribution in [3.05, 3.63) is 12.2 Å². The first-order valence-corrected chi connectivity index (χ1v) is 10.7. The first-order chi connectivity index (χ1) is 12.5. The standard InChI is InChI=1S/C22H41NO3/c1-4-6-7-8-9-10-11-12-13-14-15-16-17-18-20(24)23-21(22(25)26)19(3)5-2/h13-14,19,21H,4-12,15-18H2,1-3H3,(H,23,24)(H,25,26)/b14-13-/t19-,21-/m0/s1. The van der Waals surface area contributed by atoms with Gasteiger partial charge < -0.3 is 10.4 Å². The molecule has 0 aliphatic rings. The normalized spacial score (nSPS) is 13.7. The number of carboxylic acid groups (broad SMARTS) is 1. The van der Waals surface area contributed by atoms with Crippen LogP contribution in [-0.4, -0.2) is 23.0 Å². The van der Waals surface area contributed by atoms with Crippen molar-refractivity contribution >= 4 is 11.9 Å². The van der Waals surface area contributed by atoms with Gasteiger partial charge in [0, 0.05) is 6.42 Å². The predicted octanol–water partition coefficient (Wildman–Crippen LogP) is 5.86. The highest BCUT2D eigenvalue weighted by Crippen LogP contribution is 2.10. The van der Waals surface area contributed by atoms with E-state index in [2.05, 4.69) is 24.4 Å². The van der Waals surface area contributed by atoms with Crippen LogP contribution in [0.2, 0.25) is 0 Å². The Balaban J connectivity index is 3.61. The summed E-state index contributed by atoms with van der Waals surface area (Å²) >= 11 is 0. The molecule has 152 valence electrons. The first-order valence-electron chi connectivity index (χ1n) is 10.7. The lowest BCUT2D eigenvalue weighted by molar-refractivity contribution is -0.143. The Kier molecular flexibility index (Phi) is 16.2. The quantitative estimate of drug-likeness (QED) is 0.250. The van der Waals surface area contributed by atoms with E-state index in [-0.39, 0.29) is 11.8 Å². The SMILES string of the molecule is CCCCCCCCC/C=C\CCCCC(=O)N[C@H](C(=O)O)[C@@H](C)CC. The number of amides is 1. The maximum Gasteiger partial charge on any atom is 0.326 e. The number of hydrogen-bond donors (Lipinski definition) is 2. The van der Waals surface area contributed by atoms with Crippen LogP contribution in [0.1, 0.15) is 104 Å². The van der Waals surface area contributed by atoms with Gasteiger partial charge in [0.15, 0.2) is 0 Å². The average molecular weight is 368 g/mol. The van der Waals surface area contributed by atoms with Crippen LogP contribution >= 0.6 is 0 Å². The van der Waals surface area contributed by atoms with Crippen molar-refractivity contribution in [2.75, 3.05) is 0 Å². The summed E-state index contributed by atoms with van der Waals surface area (Å²) in [6.45, 7) is 6.04. The second kappa shape index (κ2) is 17.1. The maximum absolute atomic E-state index is 11.9. The molecule has 0 aliphatic carbocycles. The second-order valence-electron chi connectivity index (χ2n) is 7.40. The molecule has 0 saturated heterocycles. The van der Waals surface area contributed by atoms with Gasteiger partial charge in [-0.1, -0.05) is 77.9 Å². The third-order valence-corrected chi connectivity index (χ3v) is 4.96. The van der Waals surface area contributed by atoms with Crippen molar-refractivity contribution in [3.8, 4) is 0 Å². The van der Waals surface area contributed by atoms with Crippen molar-refractivity contribution < 1.29 is 14.7 Å². The first kappa shape index (κ1) is 24.7. The second-order valence-corrected chi connectivity index (χ2v) is 7.40. The molecule has 0 aromatic heterocycles. The maximum atomic E-state index is 11.9. The van der Waals surface area contributed by atoms with Crippen LogP contribution in [0.4, 0.5) is 0 Å². The molecular formula is C22H41NO3. The van der Waals surface area contributed by atoms with Gasteiger partial charge in [-0.15, -0.1) is 0 Å². The fourth-order valence-electron chi connectivity index (χ4n) is 2.93. The fraction of sp³-hybridized carbons (Fsp3) is 0.818. The lowest BCUT2D eigenvalue weighted by atomic mass is 9.99. The van der Waals surface area contributed by atoms with E-state index in [0.29, 0.717) is 6.42 Å². The van der Waals surface area contributed by atoms with Crippen LogP contribution in [-0.2, 0) is 9.59 Å². The molecule has 0 rings (SSSR count). The molecule has 2 N–H and O–H groups in total. The predicted molar refractivity (Wildman–Crippen MR) is 109 cm³/mol. The van der Waals surface area contributed by atoms with E-state index in [1.807, 2.05) is 13.8 Å². The third-order valence-electron chi connectivity index (χ3n) is 4.96. The Bertz CT molecular complexity index is 393. The number of carbonyl (C=O) groups is 2. The number of hydrogen-bond acceptors (Lipinski definition) is 2. The molecule has 0 unspecified atom stereocenters. The Labute approximate surface area is 160 Å². The van der Waals surface area contributed by atoms with Crippen LogP contribution in [0.25, 0.3) is 0 Å². The molecule has 26 heavy (non-hydrogen) atoms. The highest BCUT2D eigenvalue weighted by atomic mass is 16.4. The minimum atomic E-state index is -0.944. The van der Waals surface area contributed by atoms with Gasteiger partial charge in [-0.25, -0.2) is 4.79 Å². The molecule has 0 aromatic rings. The average Bonchev–Trinajstić information content (AvgIpc) is 2.62. The van der Waals surface area contributed by atoms with Gasteiger partial charge in [0.2, 0.25) is 5.91 Å². The van der Waals surface area contributed by atoms with Gasteiger partial charge in [-0.2, -0.15) is 0 Å². The molecule has 0 bridgehead atoms. The molecule has 1 amide bonds. The van der Waals surface area contributed by atoms with E-state index in [9.17, 15) is 14.7 Å². The van der Waals surface area contributed by atoms with Gasteiger partial charge in [0.1, 0.15) is 6.04 Å². The molecule has 4 heteroatoms. The summed E-state index contributed by atoms with van der Waals surface area (Å²) in [6, 6.07) is -0.769. The van der Waals surface area contributed by atoms with Crippen molar-refractivity contribution in [2.45, 2.75) is 110 Å². The van der Waals surface area contributed by atoms with E-state index in [0.717, 1.165) is 32.1 Å². The third kappa shape index (κ3) is 13.9. The Hall–Kier alpha value is -1.32.